The summed E-state index contributed by atoms with van der Waals surface area (Å²) in [6.07, 6.45) is 2.03. The monoisotopic (exact) mass is 298 g/mol. The van der Waals surface area contributed by atoms with Crippen molar-refractivity contribution in [2.75, 3.05) is 46.1 Å². The second kappa shape index (κ2) is 6.56. The molecule has 5 nitrogen and oxygen atoms in total. The Morgan fingerprint density at radius 3 is 2.60 bits per heavy atom. The fraction of sp³-hybridized carbons (Fsp3) is 0.571. The molecule has 1 aliphatic heterocycles. The Kier molecular flexibility index (Phi) is 5.01. The summed E-state index contributed by atoms with van der Waals surface area (Å²) in [5, 5.41) is 3.32. The van der Waals surface area contributed by atoms with E-state index in [0.717, 1.165) is 50.5 Å². The zero-order valence-corrected chi connectivity index (χ0v) is 12.9. The molecular formula is C14H22N2O3S. The van der Waals surface area contributed by atoms with E-state index in [4.69, 9.17) is 4.74 Å². The van der Waals surface area contributed by atoms with Gasteiger partial charge in [0.25, 0.3) is 0 Å². The molecule has 0 radical (unpaired) electrons. The van der Waals surface area contributed by atoms with Gasteiger partial charge in [0, 0.05) is 39.0 Å². The van der Waals surface area contributed by atoms with Gasteiger partial charge in [0.15, 0.2) is 9.84 Å². The summed E-state index contributed by atoms with van der Waals surface area (Å²) in [5.74, 6) is 0.757. The molecule has 1 fully saturated rings. The van der Waals surface area contributed by atoms with Crippen molar-refractivity contribution in [3.63, 3.8) is 0 Å². The number of piperazine rings is 1. The van der Waals surface area contributed by atoms with Crippen LogP contribution in [0.25, 0.3) is 0 Å². The van der Waals surface area contributed by atoms with Gasteiger partial charge in [-0.05, 0) is 30.2 Å². The van der Waals surface area contributed by atoms with E-state index < -0.39 is 9.84 Å². The van der Waals surface area contributed by atoms with Gasteiger partial charge in [0.1, 0.15) is 5.75 Å². The number of benzene rings is 1. The van der Waals surface area contributed by atoms with Crippen LogP contribution in [0.5, 0.6) is 5.75 Å². The molecule has 1 aliphatic rings. The highest BCUT2D eigenvalue weighted by molar-refractivity contribution is 7.90. The Morgan fingerprint density at radius 1 is 1.30 bits per heavy atom. The van der Waals surface area contributed by atoms with Crippen molar-refractivity contribution in [2.45, 2.75) is 11.3 Å². The van der Waals surface area contributed by atoms with Crippen molar-refractivity contribution in [3.05, 3.63) is 23.8 Å². The van der Waals surface area contributed by atoms with Gasteiger partial charge in [0.2, 0.25) is 0 Å². The summed E-state index contributed by atoms with van der Waals surface area (Å²) in [7, 11) is -1.56. The molecule has 0 saturated carbocycles. The summed E-state index contributed by atoms with van der Waals surface area (Å²) in [5.41, 5.74) is 0.953. The molecule has 1 aromatic rings. The van der Waals surface area contributed by atoms with Crippen LogP contribution in [0.4, 0.5) is 0 Å². The van der Waals surface area contributed by atoms with Crippen LogP contribution in [0, 0.1) is 0 Å². The smallest absolute Gasteiger partial charge is 0.175 e. The number of nitrogens with zero attached hydrogens (tertiary/aromatic N) is 1. The lowest BCUT2D eigenvalue weighted by molar-refractivity contribution is 0.243. The zero-order chi connectivity index (χ0) is 14.6. The Hall–Kier alpha value is -1.11. The minimum atomic E-state index is -3.17. The van der Waals surface area contributed by atoms with Crippen molar-refractivity contribution < 1.29 is 13.2 Å². The molecule has 1 aromatic carbocycles. The lowest BCUT2D eigenvalue weighted by atomic mass is 10.1. The van der Waals surface area contributed by atoms with Gasteiger partial charge in [-0.1, -0.05) is 0 Å². The maximum absolute atomic E-state index is 11.6. The number of sulfone groups is 1. The number of rotatable bonds is 5. The SMILES string of the molecule is COc1ccc(S(C)(=O)=O)cc1CCN1CCNCC1. The molecule has 6 heteroatoms. The second-order valence-corrected chi connectivity index (χ2v) is 7.10. The van der Waals surface area contributed by atoms with Crippen LogP contribution in [-0.2, 0) is 16.3 Å². The van der Waals surface area contributed by atoms with E-state index in [1.165, 1.54) is 6.26 Å². The highest BCUT2D eigenvalue weighted by Crippen LogP contribution is 2.23. The molecule has 0 spiro atoms. The average molecular weight is 298 g/mol. The van der Waals surface area contributed by atoms with E-state index >= 15 is 0 Å². The molecule has 1 heterocycles. The predicted molar refractivity (Wildman–Crippen MR) is 79.1 cm³/mol. The number of methoxy groups -OCH3 is 1. The van der Waals surface area contributed by atoms with Gasteiger partial charge in [-0.2, -0.15) is 0 Å². The number of hydrogen-bond donors (Lipinski definition) is 1. The first-order chi connectivity index (χ1) is 9.50. The quantitative estimate of drug-likeness (QED) is 0.860. The minimum Gasteiger partial charge on any atom is -0.496 e. The van der Waals surface area contributed by atoms with Crippen molar-refractivity contribution in [2.24, 2.45) is 0 Å². The molecule has 0 bridgehead atoms. The lowest BCUT2D eigenvalue weighted by Gasteiger charge is -2.27. The summed E-state index contributed by atoms with van der Waals surface area (Å²) >= 11 is 0. The summed E-state index contributed by atoms with van der Waals surface area (Å²) in [6.45, 7) is 5.02. The largest absolute Gasteiger partial charge is 0.496 e. The van der Waals surface area contributed by atoms with Crippen LogP contribution in [0.2, 0.25) is 0 Å². The van der Waals surface area contributed by atoms with E-state index in [1.54, 1.807) is 25.3 Å². The van der Waals surface area contributed by atoms with Crippen LogP contribution in [0.1, 0.15) is 5.56 Å². The van der Waals surface area contributed by atoms with Gasteiger partial charge in [-0.25, -0.2) is 8.42 Å². The normalized spacial score (nSPS) is 17.1. The third kappa shape index (κ3) is 3.94. The van der Waals surface area contributed by atoms with Crippen LogP contribution in [0.3, 0.4) is 0 Å². The Bertz CT molecular complexity index is 552. The van der Waals surface area contributed by atoms with Gasteiger partial charge in [0.05, 0.1) is 12.0 Å². The fourth-order valence-electron chi connectivity index (χ4n) is 2.39. The van der Waals surface area contributed by atoms with Crippen LogP contribution in [-0.4, -0.2) is 59.4 Å². The molecule has 0 aromatic heterocycles. The van der Waals surface area contributed by atoms with E-state index in [9.17, 15) is 8.42 Å². The first-order valence-corrected chi connectivity index (χ1v) is 8.70. The predicted octanol–water partition coefficient (Wildman–Crippen LogP) is 0.546. The highest BCUT2D eigenvalue weighted by atomic mass is 32.2. The second-order valence-electron chi connectivity index (χ2n) is 5.09. The fourth-order valence-corrected chi connectivity index (χ4v) is 3.07. The standard InChI is InChI=1S/C14H22N2O3S/c1-19-14-4-3-13(20(2,17)18)11-12(14)5-8-16-9-6-15-7-10-16/h3-4,11,15H,5-10H2,1-2H3. The maximum Gasteiger partial charge on any atom is 0.175 e. The first kappa shape index (κ1) is 15.3. The van der Waals surface area contributed by atoms with Gasteiger partial charge in [-0.3, -0.25) is 0 Å². The average Bonchev–Trinajstić information content (AvgIpc) is 2.45. The molecule has 2 rings (SSSR count). The van der Waals surface area contributed by atoms with E-state index in [1.807, 2.05) is 0 Å². The molecule has 112 valence electrons. The number of hydrogen-bond acceptors (Lipinski definition) is 5. The summed E-state index contributed by atoms with van der Waals surface area (Å²) < 4.78 is 28.6. The van der Waals surface area contributed by atoms with Crippen LogP contribution in [0.15, 0.2) is 23.1 Å². The van der Waals surface area contributed by atoms with Crippen molar-refractivity contribution >= 4 is 9.84 Å². The highest BCUT2D eigenvalue weighted by Gasteiger charge is 2.14. The summed E-state index contributed by atoms with van der Waals surface area (Å²) in [4.78, 5) is 2.73. The molecular weight excluding hydrogens is 276 g/mol. The van der Waals surface area contributed by atoms with E-state index in [0.29, 0.717) is 4.90 Å². The maximum atomic E-state index is 11.6. The van der Waals surface area contributed by atoms with E-state index in [-0.39, 0.29) is 0 Å². The van der Waals surface area contributed by atoms with Gasteiger partial charge >= 0.3 is 0 Å². The third-order valence-electron chi connectivity index (χ3n) is 3.59. The van der Waals surface area contributed by atoms with Crippen molar-refractivity contribution in [3.8, 4) is 5.75 Å². The Morgan fingerprint density at radius 2 is 2.00 bits per heavy atom. The molecule has 1 saturated heterocycles. The van der Waals surface area contributed by atoms with Crippen molar-refractivity contribution in [1.29, 1.82) is 0 Å². The molecule has 0 unspecified atom stereocenters. The zero-order valence-electron chi connectivity index (χ0n) is 12.1. The van der Waals surface area contributed by atoms with Crippen LogP contribution >= 0.6 is 0 Å². The Labute approximate surface area is 120 Å². The number of ether oxygens (including phenoxy) is 1. The molecule has 0 atom stereocenters. The van der Waals surface area contributed by atoms with Gasteiger partial charge in [-0.15, -0.1) is 0 Å². The summed E-state index contributed by atoms with van der Waals surface area (Å²) in [6, 6.07) is 5.07. The third-order valence-corrected chi connectivity index (χ3v) is 4.70. The molecule has 0 amide bonds. The number of nitrogens with one attached hydrogen (secondary N) is 1. The first-order valence-electron chi connectivity index (χ1n) is 6.81. The van der Waals surface area contributed by atoms with Crippen LogP contribution < -0.4 is 10.1 Å². The van der Waals surface area contributed by atoms with Gasteiger partial charge < -0.3 is 15.0 Å². The molecule has 20 heavy (non-hydrogen) atoms. The Balaban J connectivity index is 2.11. The van der Waals surface area contributed by atoms with E-state index in [2.05, 4.69) is 10.2 Å². The minimum absolute atomic E-state index is 0.355. The molecule has 0 aliphatic carbocycles. The lowest BCUT2D eigenvalue weighted by Crippen LogP contribution is -2.44. The topological polar surface area (TPSA) is 58.6 Å². The molecule has 1 N–H and O–H groups in total. The van der Waals surface area contributed by atoms with Crippen molar-refractivity contribution in [1.82, 2.24) is 10.2 Å².